The lowest BCUT2D eigenvalue weighted by atomic mass is 10.1. The molecule has 3 rings (SSSR count). The minimum absolute atomic E-state index is 0.0119. The number of alkyl halides is 3. The number of rotatable bonds is 3. The smallest absolute Gasteiger partial charge is 0.268 e. The van der Waals surface area contributed by atoms with Crippen molar-refractivity contribution >= 4 is 11.3 Å². The minimum atomic E-state index is -4.41. The van der Waals surface area contributed by atoms with E-state index in [0.717, 1.165) is 17.0 Å². The molecule has 0 saturated carbocycles. The summed E-state index contributed by atoms with van der Waals surface area (Å²) in [6, 6.07) is 11.6. The molecule has 3 nitrogen and oxygen atoms in total. The first-order valence-electron chi connectivity index (χ1n) is 6.72. The maximum absolute atomic E-state index is 12.8. The predicted molar refractivity (Wildman–Crippen MR) is 82.4 cm³/mol. The summed E-state index contributed by atoms with van der Waals surface area (Å²) in [5.41, 5.74) is -0.107. The fourth-order valence-electron chi connectivity index (χ4n) is 2.14. The van der Waals surface area contributed by atoms with Crippen LogP contribution in [0.5, 0.6) is 0 Å². The molecule has 3 aromatic rings. The van der Waals surface area contributed by atoms with E-state index in [1.165, 1.54) is 28.2 Å². The summed E-state index contributed by atoms with van der Waals surface area (Å²) in [7, 11) is 0. The molecule has 0 radical (unpaired) electrons. The van der Waals surface area contributed by atoms with Crippen LogP contribution in [0.15, 0.2) is 58.7 Å². The van der Waals surface area contributed by atoms with Gasteiger partial charge in [0.15, 0.2) is 0 Å². The highest BCUT2D eigenvalue weighted by Gasteiger charge is 2.30. The summed E-state index contributed by atoms with van der Waals surface area (Å²) in [5, 5.41) is 6.12. The van der Waals surface area contributed by atoms with Crippen LogP contribution >= 0.6 is 11.3 Å². The van der Waals surface area contributed by atoms with Crippen LogP contribution < -0.4 is 5.56 Å². The van der Waals surface area contributed by atoms with Gasteiger partial charge in [-0.2, -0.15) is 18.3 Å². The lowest BCUT2D eigenvalue weighted by molar-refractivity contribution is -0.137. The van der Waals surface area contributed by atoms with E-state index < -0.39 is 11.7 Å². The average Bonchev–Trinajstić information content (AvgIpc) is 3.03. The van der Waals surface area contributed by atoms with Gasteiger partial charge in [0.1, 0.15) is 5.69 Å². The van der Waals surface area contributed by atoms with Crippen molar-refractivity contribution < 1.29 is 13.2 Å². The number of benzene rings is 1. The van der Waals surface area contributed by atoms with E-state index in [9.17, 15) is 18.0 Å². The first kappa shape index (κ1) is 15.5. The molecular weight excluding hydrogens is 325 g/mol. The third-order valence-electron chi connectivity index (χ3n) is 3.23. The van der Waals surface area contributed by atoms with E-state index in [0.29, 0.717) is 11.3 Å². The molecule has 2 aromatic heterocycles. The van der Waals surface area contributed by atoms with E-state index in [2.05, 4.69) is 5.10 Å². The molecular formula is C16H11F3N2OS. The zero-order valence-corrected chi connectivity index (χ0v) is 12.6. The van der Waals surface area contributed by atoms with Gasteiger partial charge in [-0.3, -0.25) is 4.79 Å². The van der Waals surface area contributed by atoms with Gasteiger partial charge in [0.2, 0.25) is 0 Å². The molecule has 0 N–H and O–H groups in total. The molecule has 2 heterocycles. The van der Waals surface area contributed by atoms with Gasteiger partial charge < -0.3 is 0 Å². The summed E-state index contributed by atoms with van der Waals surface area (Å²) in [4.78, 5) is 12.8. The molecule has 1 aromatic carbocycles. The summed E-state index contributed by atoms with van der Waals surface area (Å²) in [6.07, 6.45) is -4.41. The van der Waals surface area contributed by atoms with Crippen molar-refractivity contribution in [2.75, 3.05) is 0 Å². The Labute approximate surface area is 133 Å². The Hall–Kier alpha value is -2.41. The first-order valence-corrected chi connectivity index (χ1v) is 7.59. The topological polar surface area (TPSA) is 34.9 Å². The molecule has 0 saturated heterocycles. The molecule has 0 spiro atoms. The van der Waals surface area contributed by atoms with Gasteiger partial charge in [0, 0.05) is 6.07 Å². The van der Waals surface area contributed by atoms with Crippen LogP contribution in [-0.2, 0) is 12.7 Å². The lowest BCUT2D eigenvalue weighted by Gasteiger charge is -2.10. The Kier molecular flexibility index (Phi) is 4.04. The second kappa shape index (κ2) is 6.00. The predicted octanol–water partition coefficient (Wildman–Crippen LogP) is 4.04. The van der Waals surface area contributed by atoms with Crippen molar-refractivity contribution in [3.8, 4) is 10.6 Å². The highest BCUT2D eigenvalue weighted by Crippen LogP contribution is 2.29. The van der Waals surface area contributed by atoms with Crippen molar-refractivity contribution in [1.29, 1.82) is 0 Å². The van der Waals surface area contributed by atoms with E-state index in [1.807, 2.05) is 17.5 Å². The van der Waals surface area contributed by atoms with Crippen molar-refractivity contribution in [1.82, 2.24) is 9.78 Å². The van der Waals surface area contributed by atoms with E-state index >= 15 is 0 Å². The molecule has 118 valence electrons. The van der Waals surface area contributed by atoms with E-state index in [4.69, 9.17) is 0 Å². The third-order valence-corrected chi connectivity index (χ3v) is 4.12. The molecule has 0 aliphatic carbocycles. The van der Waals surface area contributed by atoms with Gasteiger partial charge >= 0.3 is 6.18 Å². The maximum Gasteiger partial charge on any atom is 0.416 e. The van der Waals surface area contributed by atoms with Gasteiger partial charge in [0.05, 0.1) is 17.0 Å². The average molecular weight is 336 g/mol. The van der Waals surface area contributed by atoms with Crippen LogP contribution in [0.25, 0.3) is 10.6 Å². The van der Waals surface area contributed by atoms with Crippen molar-refractivity contribution in [2.45, 2.75) is 12.7 Å². The number of nitrogens with zero attached hydrogens (tertiary/aromatic N) is 2. The standard InChI is InChI=1S/C16H11F3N2OS/c17-16(18,19)12-4-1-3-11(9-12)10-21-15(22)7-6-13(20-21)14-5-2-8-23-14/h1-9H,10H2. The summed E-state index contributed by atoms with van der Waals surface area (Å²) in [6.45, 7) is -0.0119. The molecule has 0 aliphatic heterocycles. The highest BCUT2D eigenvalue weighted by atomic mass is 32.1. The zero-order chi connectivity index (χ0) is 16.4. The SMILES string of the molecule is O=c1ccc(-c2cccs2)nn1Cc1cccc(C(F)(F)F)c1. The van der Waals surface area contributed by atoms with Crippen LogP contribution in [-0.4, -0.2) is 9.78 Å². The molecule has 0 bridgehead atoms. The Morgan fingerprint density at radius 2 is 1.91 bits per heavy atom. The number of hydrogen-bond donors (Lipinski definition) is 0. The van der Waals surface area contributed by atoms with Gasteiger partial charge in [-0.1, -0.05) is 18.2 Å². The van der Waals surface area contributed by atoms with Crippen LogP contribution in [0.2, 0.25) is 0 Å². The molecule has 0 amide bonds. The minimum Gasteiger partial charge on any atom is -0.268 e. The maximum atomic E-state index is 12.8. The summed E-state index contributed by atoms with van der Waals surface area (Å²) in [5.74, 6) is 0. The Morgan fingerprint density at radius 1 is 1.09 bits per heavy atom. The second-order valence-corrected chi connectivity index (χ2v) is 5.84. The fraction of sp³-hybridized carbons (Fsp3) is 0.125. The summed E-state index contributed by atoms with van der Waals surface area (Å²) >= 11 is 1.48. The Bertz CT molecular complexity index is 870. The monoisotopic (exact) mass is 336 g/mol. The Balaban J connectivity index is 1.94. The van der Waals surface area contributed by atoms with Gasteiger partial charge in [-0.25, -0.2) is 4.68 Å². The molecule has 0 fully saturated rings. The van der Waals surface area contributed by atoms with Crippen LogP contribution in [0, 0.1) is 0 Å². The van der Waals surface area contributed by atoms with Crippen LogP contribution in [0.1, 0.15) is 11.1 Å². The fourth-order valence-corrected chi connectivity index (χ4v) is 2.83. The quantitative estimate of drug-likeness (QED) is 0.723. The molecule has 0 aliphatic rings. The molecule has 23 heavy (non-hydrogen) atoms. The normalized spacial score (nSPS) is 11.6. The van der Waals surface area contributed by atoms with Gasteiger partial charge in [0.25, 0.3) is 5.56 Å². The number of halogens is 3. The Morgan fingerprint density at radius 3 is 2.61 bits per heavy atom. The molecule has 7 heteroatoms. The zero-order valence-electron chi connectivity index (χ0n) is 11.7. The van der Waals surface area contributed by atoms with Crippen molar-refractivity contribution in [3.63, 3.8) is 0 Å². The largest absolute Gasteiger partial charge is 0.416 e. The van der Waals surface area contributed by atoms with E-state index in [-0.39, 0.29) is 12.1 Å². The number of thiophene rings is 1. The van der Waals surface area contributed by atoms with E-state index in [1.54, 1.807) is 12.1 Å². The van der Waals surface area contributed by atoms with Gasteiger partial charge in [-0.05, 0) is 35.2 Å². The van der Waals surface area contributed by atoms with Gasteiger partial charge in [-0.15, -0.1) is 11.3 Å². The molecule has 0 atom stereocenters. The number of aromatic nitrogens is 2. The first-order chi connectivity index (χ1) is 10.9. The highest BCUT2D eigenvalue weighted by molar-refractivity contribution is 7.13. The van der Waals surface area contributed by atoms with Crippen molar-refractivity contribution in [3.05, 3.63) is 75.4 Å². The van der Waals surface area contributed by atoms with Crippen LogP contribution in [0.3, 0.4) is 0 Å². The lowest BCUT2D eigenvalue weighted by Crippen LogP contribution is -2.23. The molecule has 0 unspecified atom stereocenters. The van der Waals surface area contributed by atoms with Crippen molar-refractivity contribution in [2.24, 2.45) is 0 Å². The number of hydrogen-bond acceptors (Lipinski definition) is 3. The second-order valence-electron chi connectivity index (χ2n) is 4.89. The third kappa shape index (κ3) is 3.50. The van der Waals surface area contributed by atoms with Crippen LogP contribution in [0.4, 0.5) is 13.2 Å². The summed E-state index contributed by atoms with van der Waals surface area (Å²) < 4.78 is 39.4.